The van der Waals surface area contributed by atoms with E-state index in [9.17, 15) is 17.6 Å². The number of hydrogen-bond donors (Lipinski definition) is 1. The zero-order valence-electron chi connectivity index (χ0n) is 18.2. The van der Waals surface area contributed by atoms with Crippen LogP contribution >= 0.6 is 0 Å². The van der Waals surface area contributed by atoms with Gasteiger partial charge in [-0.25, -0.2) is 12.8 Å². The number of sulfonamides is 1. The third kappa shape index (κ3) is 5.89. The lowest BCUT2D eigenvalue weighted by Crippen LogP contribution is -2.49. The molecule has 1 fully saturated rings. The average Bonchev–Trinajstić information content (AvgIpc) is 2.81. The molecule has 0 aliphatic carbocycles. The molecule has 174 valence electrons. The van der Waals surface area contributed by atoms with E-state index in [1.807, 2.05) is 4.90 Å². The molecule has 3 rings (SSSR count). The summed E-state index contributed by atoms with van der Waals surface area (Å²) in [4.78, 5) is 14.2. The second-order valence-electron chi connectivity index (χ2n) is 7.36. The Morgan fingerprint density at radius 2 is 1.66 bits per heavy atom. The summed E-state index contributed by atoms with van der Waals surface area (Å²) < 4.78 is 51.0. The molecular weight excluding hydrogens is 437 g/mol. The zero-order chi connectivity index (χ0) is 23.1. The van der Waals surface area contributed by atoms with Crippen LogP contribution in [-0.4, -0.2) is 71.3 Å². The molecule has 0 aromatic heterocycles. The van der Waals surface area contributed by atoms with E-state index in [1.54, 1.807) is 36.4 Å². The first-order chi connectivity index (χ1) is 15.3. The zero-order valence-corrected chi connectivity index (χ0v) is 19.0. The molecular formula is C22H28FN3O5S. The fraction of sp³-hybridized carbons (Fsp3) is 0.409. The molecule has 0 saturated carbocycles. The number of para-hydroxylation sites is 1. The number of carbonyl (C=O) groups is 1. The molecule has 0 radical (unpaired) electrons. The van der Waals surface area contributed by atoms with Gasteiger partial charge in [0, 0.05) is 44.4 Å². The number of anilines is 1. The van der Waals surface area contributed by atoms with Crippen molar-refractivity contribution in [1.29, 1.82) is 0 Å². The maximum absolute atomic E-state index is 14.0. The number of nitrogens with one attached hydrogen (secondary N) is 1. The first-order valence-electron chi connectivity index (χ1n) is 10.3. The highest BCUT2D eigenvalue weighted by Gasteiger charge is 2.27. The minimum absolute atomic E-state index is 0.0750. The van der Waals surface area contributed by atoms with Gasteiger partial charge >= 0.3 is 0 Å². The number of halogens is 1. The third-order valence-electron chi connectivity index (χ3n) is 5.30. The second kappa shape index (κ2) is 10.6. The molecule has 1 saturated heterocycles. The Labute approximate surface area is 188 Å². The minimum atomic E-state index is -3.46. The highest BCUT2D eigenvalue weighted by molar-refractivity contribution is 7.89. The number of ether oxygens (including phenoxy) is 2. The van der Waals surface area contributed by atoms with Gasteiger partial charge in [0.05, 0.1) is 25.7 Å². The van der Waals surface area contributed by atoms with Crippen LogP contribution in [0, 0.1) is 5.82 Å². The Balaban J connectivity index is 1.47. The van der Waals surface area contributed by atoms with E-state index in [1.165, 1.54) is 24.6 Å². The SMILES string of the molecule is COc1cc(OC)cc(C(=O)NCCCS(=O)(=O)N2CCN(c3ccccc3F)CC2)c1. The van der Waals surface area contributed by atoms with Crippen molar-refractivity contribution in [2.24, 2.45) is 0 Å². The molecule has 1 amide bonds. The topological polar surface area (TPSA) is 88.2 Å². The molecule has 32 heavy (non-hydrogen) atoms. The average molecular weight is 466 g/mol. The molecule has 10 heteroatoms. The fourth-order valence-electron chi connectivity index (χ4n) is 3.54. The summed E-state index contributed by atoms with van der Waals surface area (Å²) in [6.07, 6.45) is 0.280. The Morgan fingerprint density at radius 3 is 2.25 bits per heavy atom. The van der Waals surface area contributed by atoms with Crippen molar-refractivity contribution >= 4 is 21.6 Å². The van der Waals surface area contributed by atoms with Crippen LogP contribution in [0.5, 0.6) is 11.5 Å². The highest BCUT2D eigenvalue weighted by Crippen LogP contribution is 2.23. The van der Waals surface area contributed by atoms with Crippen LogP contribution in [0.1, 0.15) is 16.8 Å². The summed E-state index contributed by atoms with van der Waals surface area (Å²) in [7, 11) is -0.466. The van der Waals surface area contributed by atoms with Gasteiger partial charge in [-0.2, -0.15) is 4.31 Å². The quantitative estimate of drug-likeness (QED) is 0.571. The number of nitrogens with zero attached hydrogens (tertiary/aromatic N) is 2. The Morgan fingerprint density at radius 1 is 1.03 bits per heavy atom. The van der Waals surface area contributed by atoms with E-state index in [2.05, 4.69) is 5.32 Å². The van der Waals surface area contributed by atoms with Gasteiger partial charge in [-0.05, 0) is 30.7 Å². The predicted molar refractivity (Wildman–Crippen MR) is 120 cm³/mol. The van der Waals surface area contributed by atoms with E-state index < -0.39 is 10.0 Å². The Hall–Kier alpha value is -2.85. The fourth-order valence-corrected chi connectivity index (χ4v) is 5.03. The van der Waals surface area contributed by atoms with E-state index in [0.717, 1.165) is 0 Å². The molecule has 1 N–H and O–H groups in total. The predicted octanol–water partition coefficient (Wildman–Crippen LogP) is 2.11. The molecule has 8 nitrogen and oxygen atoms in total. The van der Waals surface area contributed by atoms with Gasteiger partial charge in [0.1, 0.15) is 17.3 Å². The molecule has 1 heterocycles. The van der Waals surface area contributed by atoms with Gasteiger partial charge in [-0.1, -0.05) is 12.1 Å². The second-order valence-corrected chi connectivity index (χ2v) is 9.45. The number of methoxy groups -OCH3 is 2. The highest BCUT2D eigenvalue weighted by atomic mass is 32.2. The normalized spacial score (nSPS) is 14.8. The first kappa shape index (κ1) is 23.8. The Kier molecular flexibility index (Phi) is 7.92. The lowest BCUT2D eigenvalue weighted by molar-refractivity contribution is 0.0953. The summed E-state index contributed by atoms with van der Waals surface area (Å²) in [5, 5.41) is 2.73. The maximum atomic E-state index is 14.0. The molecule has 2 aromatic carbocycles. The molecule has 2 aromatic rings. The molecule has 1 aliphatic heterocycles. The molecule has 1 aliphatic rings. The van der Waals surface area contributed by atoms with E-state index >= 15 is 0 Å². The van der Waals surface area contributed by atoms with Crippen molar-refractivity contribution in [3.63, 3.8) is 0 Å². The largest absolute Gasteiger partial charge is 0.497 e. The molecule has 0 spiro atoms. The van der Waals surface area contributed by atoms with Crippen molar-refractivity contribution in [3.8, 4) is 11.5 Å². The van der Waals surface area contributed by atoms with Gasteiger partial charge < -0.3 is 19.7 Å². The molecule has 0 atom stereocenters. The summed E-state index contributed by atoms with van der Waals surface area (Å²) in [5.41, 5.74) is 0.856. The van der Waals surface area contributed by atoms with Crippen LogP contribution < -0.4 is 19.7 Å². The van der Waals surface area contributed by atoms with Gasteiger partial charge in [-0.15, -0.1) is 0 Å². The standard InChI is InChI=1S/C22H28FN3O5S/c1-30-18-14-17(15-19(16-18)31-2)22(27)24-8-5-13-32(28,29)26-11-9-25(10-12-26)21-7-4-3-6-20(21)23/h3-4,6-7,14-16H,5,8-13H2,1-2H3,(H,24,27). The lowest BCUT2D eigenvalue weighted by atomic mass is 10.2. The van der Waals surface area contributed by atoms with Gasteiger partial charge in [0.15, 0.2) is 0 Å². The van der Waals surface area contributed by atoms with E-state index in [4.69, 9.17) is 9.47 Å². The summed E-state index contributed by atoms with van der Waals surface area (Å²) in [6.45, 7) is 1.66. The van der Waals surface area contributed by atoms with Crippen LogP contribution in [0.25, 0.3) is 0 Å². The smallest absolute Gasteiger partial charge is 0.251 e. The van der Waals surface area contributed by atoms with E-state index in [-0.39, 0.29) is 30.4 Å². The number of rotatable bonds is 9. The van der Waals surface area contributed by atoms with Crippen molar-refractivity contribution in [2.45, 2.75) is 6.42 Å². The number of piperazine rings is 1. The summed E-state index contributed by atoms with van der Waals surface area (Å²) in [6, 6.07) is 11.3. The van der Waals surface area contributed by atoms with E-state index in [0.29, 0.717) is 48.9 Å². The van der Waals surface area contributed by atoms with Crippen molar-refractivity contribution in [2.75, 3.05) is 57.6 Å². The monoisotopic (exact) mass is 465 g/mol. The maximum Gasteiger partial charge on any atom is 0.251 e. The van der Waals surface area contributed by atoms with Gasteiger partial charge in [-0.3, -0.25) is 4.79 Å². The first-order valence-corrected chi connectivity index (χ1v) is 11.9. The number of benzene rings is 2. The van der Waals surface area contributed by atoms with Crippen LogP contribution in [0.15, 0.2) is 42.5 Å². The summed E-state index contributed by atoms with van der Waals surface area (Å²) in [5.74, 6) is 0.263. The van der Waals surface area contributed by atoms with Crippen LogP contribution in [0.4, 0.5) is 10.1 Å². The van der Waals surface area contributed by atoms with Crippen molar-refractivity contribution in [3.05, 3.63) is 53.8 Å². The lowest BCUT2D eigenvalue weighted by Gasteiger charge is -2.35. The van der Waals surface area contributed by atoms with Crippen LogP contribution in [-0.2, 0) is 10.0 Å². The number of amides is 1. The minimum Gasteiger partial charge on any atom is -0.497 e. The van der Waals surface area contributed by atoms with Crippen molar-refractivity contribution in [1.82, 2.24) is 9.62 Å². The van der Waals surface area contributed by atoms with Crippen LogP contribution in [0.2, 0.25) is 0 Å². The van der Waals surface area contributed by atoms with Gasteiger partial charge in [0.2, 0.25) is 10.0 Å². The Bertz CT molecular complexity index is 1020. The van der Waals surface area contributed by atoms with Crippen LogP contribution in [0.3, 0.4) is 0 Å². The number of carbonyl (C=O) groups excluding carboxylic acids is 1. The molecule has 0 unspecified atom stereocenters. The summed E-state index contributed by atoms with van der Waals surface area (Å²) >= 11 is 0. The third-order valence-corrected chi connectivity index (χ3v) is 7.26. The number of hydrogen-bond acceptors (Lipinski definition) is 6. The van der Waals surface area contributed by atoms with Crippen molar-refractivity contribution < 1.29 is 27.1 Å². The molecule has 0 bridgehead atoms. The van der Waals surface area contributed by atoms with Gasteiger partial charge in [0.25, 0.3) is 5.91 Å².